The molecular formula is C26H34N3O9PS. The van der Waals surface area contributed by atoms with E-state index in [1.165, 1.54) is 0 Å². The lowest BCUT2D eigenvalue weighted by atomic mass is 9.95. The van der Waals surface area contributed by atoms with Crippen LogP contribution in [0.15, 0.2) is 52.2 Å². The molecule has 2 aromatic rings. The maximum atomic E-state index is 12.9. The second-order valence-corrected chi connectivity index (χ2v) is 13.1. The van der Waals surface area contributed by atoms with Crippen LogP contribution in [-0.4, -0.2) is 62.3 Å². The second kappa shape index (κ2) is 13.2. The molecule has 1 saturated heterocycles. The molecule has 1 aliphatic heterocycles. The molecule has 12 nitrogen and oxygen atoms in total. The van der Waals surface area contributed by atoms with Gasteiger partial charge in [0, 0.05) is 12.3 Å². The molecule has 1 aromatic heterocycles. The summed E-state index contributed by atoms with van der Waals surface area (Å²) in [5.74, 6) is 2.00. The smallest absolute Gasteiger partial charge is 0.330 e. The van der Waals surface area contributed by atoms with Crippen molar-refractivity contribution in [1.29, 1.82) is 0 Å². The number of aromatic amines is 1. The summed E-state index contributed by atoms with van der Waals surface area (Å²) in [4.78, 5) is 38.8. The van der Waals surface area contributed by atoms with E-state index >= 15 is 0 Å². The van der Waals surface area contributed by atoms with E-state index < -0.39 is 60.5 Å². The molecule has 4 N–H and O–H groups in total. The summed E-state index contributed by atoms with van der Waals surface area (Å²) in [5, 5.41) is 25.0. The molecule has 0 aliphatic carbocycles. The van der Waals surface area contributed by atoms with E-state index in [0.29, 0.717) is 12.2 Å². The van der Waals surface area contributed by atoms with E-state index in [1.807, 2.05) is 18.8 Å². The molecule has 3 rings (SSSR count). The number of terminal acetylenes is 1. The van der Waals surface area contributed by atoms with Crippen molar-refractivity contribution in [3.8, 4) is 18.1 Å². The number of rotatable bonds is 12. The normalized spacial score (nSPS) is 24.8. The van der Waals surface area contributed by atoms with Gasteiger partial charge in [0.2, 0.25) is 0 Å². The van der Waals surface area contributed by atoms with Crippen molar-refractivity contribution in [3.63, 3.8) is 0 Å². The standard InChI is InChI=1S/C26H34N3O9PS/c1-6-26(34)22(31)20(37-24(26)29-13-12-21(30)27-25(29)33)15-35-39(40,38-18-10-8-7-9-11-18)28-19(14-16(2)3)23(32)36-17(4)5/h1,7-13,16-17,19-20,22,24,31,34H,14-15H2,2-5H3,(H,28,40)(H,27,30,33)/t19-,20+,22+,24+,26+,39?/m0/s1. The summed E-state index contributed by atoms with van der Waals surface area (Å²) in [5.41, 5.74) is -3.92. The molecule has 0 saturated carbocycles. The summed E-state index contributed by atoms with van der Waals surface area (Å²) >= 11 is 5.78. The van der Waals surface area contributed by atoms with Gasteiger partial charge >= 0.3 is 18.3 Å². The first-order valence-corrected chi connectivity index (χ1v) is 15.2. The highest BCUT2D eigenvalue weighted by Crippen LogP contribution is 2.47. The van der Waals surface area contributed by atoms with E-state index in [4.69, 9.17) is 36.8 Å². The van der Waals surface area contributed by atoms with Gasteiger partial charge in [-0.2, -0.15) is 0 Å². The second-order valence-electron chi connectivity index (χ2n) is 9.95. The van der Waals surface area contributed by atoms with Gasteiger partial charge in [-0.15, -0.1) is 6.42 Å². The third-order valence-corrected chi connectivity index (χ3v) is 8.28. The quantitative estimate of drug-likeness (QED) is 0.160. The van der Waals surface area contributed by atoms with Crippen LogP contribution in [0.3, 0.4) is 0 Å². The van der Waals surface area contributed by atoms with Gasteiger partial charge in [-0.3, -0.25) is 19.1 Å². The maximum absolute atomic E-state index is 12.9. The fraction of sp³-hybridized carbons (Fsp3) is 0.500. The van der Waals surface area contributed by atoms with Crippen molar-refractivity contribution in [2.75, 3.05) is 6.61 Å². The average molecular weight is 596 g/mol. The molecule has 14 heteroatoms. The van der Waals surface area contributed by atoms with Crippen LogP contribution in [0.2, 0.25) is 0 Å². The highest BCUT2D eigenvalue weighted by atomic mass is 32.5. The van der Waals surface area contributed by atoms with Gasteiger partial charge < -0.3 is 28.7 Å². The molecule has 0 radical (unpaired) electrons. The summed E-state index contributed by atoms with van der Waals surface area (Å²) in [6.45, 7) is 3.34. The Morgan fingerprint density at radius 1 is 1.27 bits per heavy atom. The first-order valence-electron chi connectivity index (χ1n) is 12.6. The number of carbonyl (C=O) groups excluding carboxylic acids is 1. The zero-order chi connectivity index (χ0) is 29.7. The summed E-state index contributed by atoms with van der Waals surface area (Å²) in [6.07, 6.45) is 2.06. The Morgan fingerprint density at radius 2 is 1.95 bits per heavy atom. The highest BCUT2D eigenvalue weighted by molar-refractivity contribution is 8.09. The van der Waals surface area contributed by atoms with Crippen LogP contribution in [0, 0.1) is 18.3 Å². The molecule has 40 heavy (non-hydrogen) atoms. The van der Waals surface area contributed by atoms with Crippen molar-refractivity contribution in [3.05, 3.63) is 63.4 Å². The van der Waals surface area contributed by atoms with Crippen LogP contribution in [-0.2, 0) is 30.6 Å². The summed E-state index contributed by atoms with van der Waals surface area (Å²) in [6, 6.07) is 8.74. The number of hydrogen-bond acceptors (Lipinski definition) is 10. The number of H-pyrrole nitrogens is 1. The van der Waals surface area contributed by atoms with Crippen LogP contribution in [0.5, 0.6) is 5.75 Å². The minimum absolute atomic E-state index is 0.0828. The largest absolute Gasteiger partial charge is 0.462 e. The number of carbonyl (C=O) groups is 1. The number of nitrogens with one attached hydrogen (secondary N) is 2. The number of aliphatic hydroxyl groups excluding tert-OH is 1. The zero-order valence-corrected chi connectivity index (χ0v) is 24.3. The predicted octanol–water partition coefficient (Wildman–Crippen LogP) is 1.44. The molecule has 0 spiro atoms. The summed E-state index contributed by atoms with van der Waals surface area (Å²) < 4.78 is 24.1. The maximum Gasteiger partial charge on any atom is 0.330 e. The number of benzene rings is 1. The fourth-order valence-electron chi connectivity index (χ4n) is 4.01. The topological polar surface area (TPSA) is 161 Å². The SMILES string of the molecule is C#C[C@@]1(O)[C@H](O)[C@@H](COP(=S)(N[C@@H](CC(C)C)C(=O)OC(C)C)Oc2ccccc2)O[C@H]1n1ccc(=O)[nH]c1=O. The van der Waals surface area contributed by atoms with E-state index in [1.54, 1.807) is 44.2 Å². The zero-order valence-electron chi connectivity index (χ0n) is 22.6. The Balaban J connectivity index is 1.89. The Kier molecular flexibility index (Phi) is 10.5. The number of hydrogen-bond donors (Lipinski definition) is 4. The number of aliphatic hydroxyl groups is 2. The van der Waals surface area contributed by atoms with Crippen molar-refractivity contribution >= 4 is 24.4 Å². The molecule has 1 aliphatic rings. The fourth-order valence-corrected chi connectivity index (χ4v) is 6.35. The van der Waals surface area contributed by atoms with Crippen molar-refractivity contribution in [1.82, 2.24) is 14.6 Å². The van der Waals surface area contributed by atoms with Gasteiger partial charge in [0.15, 0.2) is 11.8 Å². The Labute approximate surface area is 236 Å². The van der Waals surface area contributed by atoms with E-state index in [9.17, 15) is 24.6 Å². The monoisotopic (exact) mass is 595 g/mol. The third kappa shape index (κ3) is 7.67. The van der Waals surface area contributed by atoms with Crippen LogP contribution in [0.4, 0.5) is 0 Å². The van der Waals surface area contributed by atoms with Crippen LogP contribution in [0.1, 0.15) is 40.3 Å². The van der Waals surface area contributed by atoms with Crippen molar-refractivity contribution in [2.45, 2.75) is 70.3 Å². The van der Waals surface area contributed by atoms with Gasteiger partial charge in [0.25, 0.3) is 5.56 Å². The molecule has 0 bridgehead atoms. The molecule has 1 unspecified atom stereocenters. The Hall–Kier alpha value is -2.82. The number of esters is 1. The van der Waals surface area contributed by atoms with Crippen LogP contribution < -0.4 is 20.9 Å². The van der Waals surface area contributed by atoms with E-state index in [2.05, 4.69) is 11.0 Å². The molecule has 218 valence electrons. The molecular weight excluding hydrogens is 561 g/mol. The molecule has 1 aromatic carbocycles. The van der Waals surface area contributed by atoms with Gasteiger partial charge in [-0.1, -0.05) is 38.0 Å². The lowest BCUT2D eigenvalue weighted by Gasteiger charge is -2.30. The highest BCUT2D eigenvalue weighted by Gasteiger charge is 2.56. The predicted molar refractivity (Wildman–Crippen MR) is 150 cm³/mol. The molecule has 0 amide bonds. The van der Waals surface area contributed by atoms with Crippen molar-refractivity contribution < 1.29 is 33.5 Å². The van der Waals surface area contributed by atoms with Crippen LogP contribution >= 0.6 is 6.64 Å². The number of para-hydroxylation sites is 1. The van der Waals surface area contributed by atoms with Crippen LogP contribution in [0.25, 0.3) is 0 Å². The van der Waals surface area contributed by atoms with E-state index in [-0.39, 0.29) is 12.0 Å². The van der Waals surface area contributed by atoms with Gasteiger partial charge in [-0.25, -0.2) is 9.88 Å². The first-order chi connectivity index (χ1) is 18.8. The average Bonchev–Trinajstić information content (AvgIpc) is 3.12. The van der Waals surface area contributed by atoms with Gasteiger partial charge in [0.05, 0.1) is 12.7 Å². The van der Waals surface area contributed by atoms with Gasteiger partial charge in [0.1, 0.15) is 24.0 Å². The lowest BCUT2D eigenvalue weighted by molar-refractivity contribution is -0.150. The Morgan fingerprint density at radius 3 is 2.52 bits per heavy atom. The number of ether oxygens (including phenoxy) is 2. The van der Waals surface area contributed by atoms with Gasteiger partial charge in [-0.05, 0) is 50.1 Å². The lowest BCUT2D eigenvalue weighted by Crippen LogP contribution is -2.48. The summed E-state index contributed by atoms with van der Waals surface area (Å²) in [7, 11) is 0. The molecule has 6 atom stereocenters. The first kappa shape index (κ1) is 31.7. The number of nitrogens with zero attached hydrogens (tertiary/aromatic N) is 1. The molecule has 1 fully saturated rings. The van der Waals surface area contributed by atoms with Crippen molar-refractivity contribution in [2.24, 2.45) is 5.92 Å². The van der Waals surface area contributed by atoms with E-state index in [0.717, 1.165) is 16.8 Å². The third-order valence-electron chi connectivity index (χ3n) is 5.85. The Bertz CT molecular complexity index is 1370. The number of aromatic nitrogens is 2. The minimum atomic E-state index is -3.55. The minimum Gasteiger partial charge on any atom is -0.462 e. The molecule has 2 heterocycles.